The van der Waals surface area contributed by atoms with Crippen molar-refractivity contribution in [3.63, 3.8) is 0 Å². The molecule has 2 unspecified atom stereocenters. The molecule has 4 rings (SSSR count). The molecule has 0 saturated carbocycles. The molecule has 2 atom stereocenters. The van der Waals surface area contributed by atoms with Gasteiger partial charge in [0.25, 0.3) is 0 Å². The Balaban J connectivity index is 1.53. The summed E-state index contributed by atoms with van der Waals surface area (Å²) in [6.45, 7) is 3.55. The minimum Gasteiger partial charge on any atom is -0.485 e. The molecule has 3 aromatic rings. The quantitative estimate of drug-likeness (QED) is 0.239. The molecular formula is C28H29FO6S. The van der Waals surface area contributed by atoms with E-state index in [-0.39, 0.29) is 36.4 Å². The van der Waals surface area contributed by atoms with Gasteiger partial charge in [0.05, 0.1) is 18.1 Å². The maximum absolute atomic E-state index is 13.2. The molecule has 0 N–H and O–H groups in total. The summed E-state index contributed by atoms with van der Waals surface area (Å²) in [6.07, 6.45) is 4.83. The largest absolute Gasteiger partial charge is 0.485 e. The van der Waals surface area contributed by atoms with Crippen LogP contribution in [0, 0.1) is 5.82 Å². The molecule has 36 heavy (non-hydrogen) atoms. The monoisotopic (exact) mass is 512 g/mol. The second-order valence-electron chi connectivity index (χ2n) is 8.97. The molecule has 6 nitrogen and oxygen atoms in total. The summed E-state index contributed by atoms with van der Waals surface area (Å²) >= 11 is 1.41. The number of ether oxygens (including phenoxy) is 4. The topological polar surface area (TPSA) is 71.1 Å². The van der Waals surface area contributed by atoms with Gasteiger partial charge >= 0.3 is 5.97 Å². The maximum Gasteiger partial charge on any atom is 0.305 e. The number of benzene rings is 2. The highest BCUT2D eigenvalue weighted by Gasteiger charge is 2.39. The predicted octanol–water partition coefficient (Wildman–Crippen LogP) is 6.18. The highest BCUT2D eigenvalue weighted by molar-refractivity contribution is 7.21. The van der Waals surface area contributed by atoms with Crippen LogP contribution < -0.4 is 4.74 Å². The second kappa shape index (κ2) is 11.3. The van der Waals surface area contributed by atoms with E-state index in [4.69, 9.17) is 18.9 Å². The second-order valence-corrected chi connectivity index (χ2v) is 10.0. The molecule has 0 spiro atoms. The summed E-state index contributed by atoms with van der Waals surface area (Å²) in [7, 11) is 1.38. The highest BCUT2D eigenvalue weighted by Crippen LogP contribution is 2.35. The Morgan fingerprint density at radius 3 is 2.61 bits per heavy atom. The van der Waals surface area contributed by atoms with E-state index < -0.39 is 5.79 Å². The van der Waals surface area contributed by atoms with Gasteiger partial charge in [0.2, 0.25) is 5.78 Å². The molecule has 0 radical (unpaired) electrons. The molecular weight excluding hydrogens is 483 g/mol. The lowest BCUT2D eigenvalue weighted by atomic mass is 10.0. The lowest BCUT2D eigenvalue weighted by molar-refractivity contribution is -0.144. The van der Waals surface area contributed by atoms with Crippen LogP contribution in [0.3, 0.4) is 0 Å². The maximum atomic E-state index is 13.2. The van der Waals surface area contributed by atoms with E-state index in [1.54, 1.807) is 0 Å². The first-order valence-corrected chi connectivity index (χ1v) is 12.6. The van der Waals surface area contributed by atoms with Gasteiger partial charge in [-0.25, -0.2) is 4.39 Å². The molecule has 1 aliphatic heterocycles. The number of Topliss-reactive ketones (excluding diaryl/α,β-unsaturated/α-hetero) is 1. The minimum atomic E-state index is -0.761. The van der Waals surface area contributed by atoms with E-state index >= 15 is 0 Å². The van der Waals surface area contributed by atoms with Crippen molar-refractivity contribution in [2.45, 2.75) is 51.1 Å². The fourth-order valence-electron chi connectivity index (χ4n) is 4.17. The molecule has 1 fully saturated rings. The first-order valence-electron chi connectivity index (χ1n) is 11.8. The Kier molecular flexibility index (Phi) is 8.18. The van der Waals surface area contributed by atoms with Crippen molar-refractivity contribution in [1.82, 2.24) is 0 Å². The number of ketones is 1. The number of hydrogen-bond acceptors (Lipinski definition) is 7. The number of esters is 1. The van der Waals surface area contributed by atoms with Crippen LogP contribution in [0.25, 0.3) is 16.2 Å². The number of hydrogen-bond donors (Lipinski definition) is 0. The highest BCUT2D eigenvalue weighted by atomic mass is 32.1. The molecule has 2 heterocycles. The Labute approximate surface area is 213 Å². The van der Waals surface area contributed by atoms with E-state index in [2.05, 4.69) is 0 Å². The van der Waals surface area contributed by atoms with Gasteiger partial charge < -0.3 is 18.9 Å². The van der Waals surface area contributed by atoms with Crippen LogP contribution in [0.1, 0.15) is 48.3 Å². The minimum absolute atomic E-state index is 0.161. The fraction of sp³-hybridized carbons (Fsp3) is 0.357. The summed E-state index contributed by atoms with van der Waals surface area (Å²) in [5.41, 5.74) is 0.796. The third-order valence-electron chi connectivity index (χ3n) is 5.84. The number of carbonyl (C=O) groups is 2. The first kappa shape index (κ1) is 26.0. The third-order valence-corrected chi connectivity index (χ3v) is 7.07. The van der Waals surface area contributed by atoms with Crippen LogP contribution in [-0.4, -0.2) is 43.5 Å². The zero-order chi connectivity index (χ0) is 25.7. The number of fused-ring (bicyclic) bond motifs is 1. The standard InChI is InChI=1S/C28H29FO6S/c1-28(2)34-23(8-6-10-26(31)32-3)24(35-28)16-15-21-20-7-4-5-9-25(20)36-27(21)22(30)17-33-19-13-11-18(29)12-14-19/h4-5,7,9,11-16,23-24H,6,8,10,17H2,1-3H3/b16-15+. The van der Waals surface area contributed by atoms with E-state index in [9.17, 15) is 14.0 Å². The van der Waals surface area contributed by atoms with Gasteiger partial charge in [-0.15, -0.1) is 11.3 Å². The Morgan fingerprint density at radius 1 is 1.11 bits per heavy atom. The van der Waals surface area contributed by atoms with Crippen molar-refractivity contribution in [2.24, 2.45) is 0 Å². The van der Waals surface area contributed by atoms with Crippen LogP contribution in [0.5, 0.6) is 5.75 Å². The Hall–Kier alpha value is -3.07. The van der Waals surface area contributed by atoms with Crippen LogP contribution >= 0.6 is 11.3 Å². The normalized spacial score (nSPS) is 19.1. The third kappa shape index (κ3) is 6.37. The molecule has 1 aromatic heterocycles. The van der Waals surface area contributed by atoms with Crippen molar-refractivity contribution < 1.29 is 32.9 Å². The average Bonchev–Trinajstić information content (AvgIpc) is 3.38. The predicted molar refractivity (Wildman–Crippen MR) is 137 cm³/mol. The SMILES string of the molecule is COC(=O)CCCC1OC(C)(C)OC1/C=C/c1c(C(=O)COc2ccc(F)cc2)sc2ccccc12. The van der Waals surface area contributed by atoms with Crippen LogP contribution in [-0.2, 0) is 19.0 Å². The van der Waals surface area contributed by atoms with Crippen LogP contribution in [0.2, 0.25) is 0 Å². The van der Waals surface area contributed by atoms with Crippen LogP contribution in [0.4, 0.5) is 4.39 Å². The molecule has 0 bridgehead atoms. The molecule has 8 heteroatoms. The number of thiophene rings is 1. The number of halogens is 1. The van der Waals surface area contributed by atoms with Gasteiger partial charge in [-0.2, -0.15) is 0 Å². The van der Waals surface area contributed by atoms with Gasteiger partial charge in [0.15, 0.2) is 12.4 Å². The number of methoxy groups -OCH3 is 1. The summed E-state index contributed by atoms with van der Waals surface area (Å²) in [5, 5.41) is 0.962. The van der Waals surface area contributed by atoms with E-state index in [0.717, 1.165) is 15.6 Å². The lowest BCUT2D eigenvalue weighted by Crippen LogP contribution is -2.21. The van der Waals surface area contributed by atoms with Crippen molar-refractivity contribution in [2.75, 3.05) is 13.7 Å². The summed E-state index contributed by atoms with van der Waals surface area (Å²) in [5.74, 6) is -1.12. The first-order chi connectivity index (χ1) is 17.3. The van der Waals surface area contributed by atoms with Gasteiger partial charge in [-0.3, -0.25) is 9.59 Å². The van der Waals surface area contributed by atoms with Crippen molar-refractivity contribution >= 4 is 39.3 Å². The van der Waals surface area contributed by atoms with E-state index in [1.165, 1.54) is 42.7 Å². The Morgan fingerprint density at radius 2 is 1.86 bits per heavy atom. The zero-order valence-corrected chi connectivity index (χ0v) is 21.3. The molecule has 0 amide bonds. The molecule has 2 aromatic carbocycles. The van der Waals surface area contributed by atoms with Crippen LogP contribution in [0.15, 0.2) is 54.6 Å². The summed E-state index contributed by atoms with van der Waals surface area (Å²) < 4.78 is 36.7. The summed E-state index contributed by atoms with van der Waals surface area (Å²) in [4.78, 5) is 25.2. The smallest absolute Gasteiger partial charge is 0.305 e. The van der Waals surface area contributed by atoms with E-state index in [0.29, 0.717) is 29.9 Å². The lowest BCUT2D eigenvalue weighted by Gasteiger charge is -2.16. The molecule has 1 aliphatic rings. The van der Waals surface area contributed by atoms with Gasteiger partial charge in [0.1, 0.15) is 17.7 Å². The number of rotatable bonds is 10. The van der Waals surface area contributed by atoms with Crippen molar-refractivity contribution in [3.05, 3.63) is 70.9 Å². The molecule has 190 valence electrons. The summed E-state index contributed by atoms with van der Waals surface area (Å²) in [6, 6.07) is 13.4. The molecule has 1 saturated heterocycles. The number of carbonyl (C=O) groups excluding carboxylic acids is 2. The van der Waals surface area contributed by atoms with Crippen molar-refractivity contribution in [3.8, 4) is 5.75 Å². The van der Waals surface area contributed by atoms with E-state index in [1.807, 2.05) is 50.3 Å². The van der Waals surface area contributed by atoms with Crippen molar-refractivity contribution in [1.29, 1.82) is 0 Å². The molecule has 0 aliphatic carbocycles. The Bertz CT molecular complexity index is 1250. The van der Waals surface area contributed by atoms with Gasteiger partial charge in [-0.1, -0.05) is 30.4 Å². The average molecular weight is 513 g/mol. The van der Waals surface area contributed by atoms with Gasteiger partial charge in [0, 0.05) is 22.1 Å². The van der Waals surface area contributed by atoms with Gasteiger partial charge in [-0.05, 0) is 57.0 Å². The fourth-order valence-corrected chi connectivity index (χ4v) is 5.29. The zero-order valence-electron chi connectivity index (χ0n) is 20.5.